The third kappa shape index (κ3) is 3.74. The summed E-state index contributed by atoms with van der Waals surface area (Å²) in [6, 6.07) is 18.8. The number of nitrogens with zero attached hydrogens (tertiary/aromatic N) is 4. The molecule has 0 aliphatic rings. The Morgan fingerprint density at radius 1 is 1.06 bits per heavy atom. The highest BCUT2D eigenvalue weighted by Gasteiger charge is 2.17. The van der Waals surface area contributed by atoms with E-state index in [1.807, 2.05) is 66.0 Å². The van der Waals surface area contributed by atoms with E-state index in [2.05, 4.69) is 25.5 Å². The van der Waals surface area contributed by atoms with E-state index in [9.17, 15) is 4.79 Å². The number of carbonyl (C=O) groups is 1. The fourth-order valence-electron chi connectivity index (χ4n) is 3.32. The number of carbonyl (C=O) groups excluding carboxylic acids is 1. The Kier molecular flexibility index (Phi) is 5.07. The molecular weight excluding hydrogens is 432 g/mol. The minimum Gasteiger partial charge on any atom is -0.339 e. The van der Waals surface area contributed by atoms with Gasteiger partial charge in [-0.15, -0.1) is 11.3 Å². The molecule has 152 valence electrons. The fourth-order valence-corrected chi connectivity index (χ4v) is 4.22. The highest BCUT2D eigenvalue weighted by Crippen LogP contribution is 2.35. The van der Waals surface area contributed by atoms with Crippen molar-refractivity contribution < 1.29 is 4.79 Å². The summed E-state index contributed by atoms with van der Waals surface area (Å²) in [5.74, 6) is 0.604. The Labute approximate surface area is 186 Å². The molecule has 0 atom stereocenters. The maximum Gasteiger partial charge on any atom is 0.219 e. The second-order valence-electron chi connectivity index (χ2n) is 6.63. The van der Waals surface area contributed by atoms with Crippen LogP contribution in [0, 0.1) is 0 Å². The zero-order chi connectivity index (χ0) is 21.2. The topological polar surface area (TPSA) is 86.8 Å². The summed E-state index contributed by atoms with van der Waals surface area (Å²) >= 11 is 7.61. The van der Waals surface area contributed by atoms with Crippen LogP contribution in [0.3, 0.4) is 0 Å². The number of hydrogen-bond donors (Lipinski definition) is 2. The summed E-state index contributed by atoms with van der Waals surface area (Å²) < 4.78 is 0. The summed E-state index contributed by atoms with van der Waals surface area (Å²) in [7, 11) is 0. The van der Waals surface area contributed by atoms with Crippen molar-refractivity contribution in [3.63, 3.8) is 0 Å². The van der Waals surface area contributed by atoms with Gasteiger partial charge >= 0.3 is 0 Å². The first-order valence-electron chi connectivity index (χ1n) is 9.33. The van der Waals surface area contributed by atoms with Crippen molar-refractivity contribution in [2.24, 2.45) is 0 Å². The van der Waals surface area contributed by atoms with Crippen LogP contribution >= 0.6 is 22.9 Å². The molecule has 0 saturated heterocycles. The van der Waals surface area contributed by atoms with Gasteiger partial charge in [0.25, 0.3) is 0 Å². The normalized spacial score (nSPS) is 10.9. The number of nitrogens with one attached hydrogen (secondary N) is 2. The van der Waals surface area contributed by atoms with Crippen LogP contribution in [-0.4, -0.2) is 26.6 Å². The molecule has 0 spiro atoms. The third-order valence-electron chi connectivity index (χ3n) is 4.69. The summed E-state index contributed by atoms with van der Waals surface area (Å²) in [6.07, 6.45) is 2.28. The standard InChI is InChI=1S/C22H15ClN6OS/c23-15-5-2-6-16(11-15)26-21-19-20(27-28-22(19)25-12-24-21)14-4-1-7-17(10-14)29(13-30)18-8-3-9-31-18/h1-13H,(H2,24,25,26,27,28). The van der Waals surface area contributed by atoms with Crippen LogP contribution in [0.5, 0.6) is 0 Å². The van der Waals surface area contributed by atoms with Gasteiger partial charge in [0.2, 0.25) is 6.41 Å². The van der Waals surface area contributed by atoms with Gasteiger partial charge in [-0.25, -0.2) is 9.97 Å². The zero-order valence-corrected chi connectivity index (χ0v) is 17.6. The summed E-state index contributed by atoms with van der Waals surface area (Å²) in [5, 5.41) is 14.9. The van der Waals surface area contributed by atoms with Gasteiger partial charge in [-0.05, 0) is 47.8 Å². The number of aromatic amines is 1. The lowest BCUT2D eigenvalue weighted by Gasteiger charge is -2.16. The number of benzene rings is 2. The molecule has 0 aliphatic heterocycles. The molecule has 0 aliphatic carbocycles. The fraction of sp³-hybridized carbons (Fsp3) is 0. The van der Waals surface area contributed by atoms with Crippen LogP contribution < -0.4 is 10.2 Å². The monoisotopic (exact) mass is 446 g/mol. The van der Waals surface area contributed by atoms with E-state index in [-0.39, 0.29) is 0 Å². The van der Waals surface area contributed by atoms with Crippen LogP contribution in [0.15, 0.2) is 72.4 Å². The molecule has 0 unspecified atom stereocenters. The van der Waals surface area contributed by atoms with E-state index < -0.39 is 0 Å². The van der Waals surface area contributed by atoms with E-state index in [4.69, 9.17) is 11.6 Å². The van der Waals surface area contributed by atoms with Crippen molar-refractivity contribution in [3.8, 4) is 11.3 Å². The number of fused-ring (bicyclic) bond motifs is 1. The van der Waals surface area contributed by atoms with Crippen molar-refractivity contribution in [3.05, 3.63) is 77.4 Å². The molecule has 7 nitrogen and oxygen atoms in total. The first-order valence-corrected chi connectivity index (χ1v) is 10.6. The average molecular weight is 447 g/mol. The van der Waals surface area contributed by atoms with Crippen LogP contribution in [0.4, 0.5) is 22.2 Å². The van der Waals surface area contributed by atoms with Gasteiger partial charge in [-0.3, -0.25) is 14.8 Å². The second-order valence-corrected chi connectivity index (χ2v) is 7.99. The SMILES string of the molecule is O=CN(c1cccc(-c2n[nH]c3ncnc(Nc4cccc(Cl)c4)c23)c1)c1cccs1. The Hall–Kier alpha value is -3.75. The summed E-state index contributed by atoms with van der Waals surface area (Å²) in [4.78, 5) is 22.1. The first-order chi connectivity index (χ1) is 15.2. The van der Waals surface area contributed by atoms with Crippen molar-refractivity contribution in [2.45, 2.75) is 0 Å². The Bertz CT molecular complexity index is 1370. The van der Waals surface area contributed by atoms with Gasteiger partial charge in [0, 0.05) is 16.3 Å². The predicted molar refractivity (Wildman–Crippen MR) is 124 cm³/mol. The minimum absolute atomic E-state index is 0.602. The van der Waals surface area contributed by atoms with Crippen LogP contribution in [0.25, 0.3) is 22.3 Å². The highest BCUT2D eigenvalue weighted by molar-refractivity contribution is 7.14. The molecular formula is C22H15ClN6OS. The molecule has 1 amide bonds. The molecule has 9 heteroatoms. The number of anilines is 4. The number of hydrogen-bond acceptors (Lipinski definition) is 6. The van der Waals surface area contributed by atoms with Crippen LogP contribution in [0.1, 0.15) is 0 Å². The third-order valence-corrected chi connectivity index (χ3v) is 5.79. The number of halogens is 1. The number of rotatable bonds is 6. The van der Waals surface area contributed by atoms with E-state index in [0.717, 1.165) is 33.7 Å². The van der Waals surface area contributed by atoms with Gasteiger partial charge in [0.15, 0.2) is 5.65 Å². The first kappa shape index (κ1) is 19.2. The van der Waals surface area contributed by atoms with E-state index in [1.165, 1.54) is 17.7 Å². The van der Waals surface area contributed by atoms with Crippen LogP contribution in [-0.2, 0) is 4.79 Å². The second kappa shape index (κ2) is 8.17. The smallest absolute Gasteiger partial charge is 0.219 e. The molecule has 5 rings (SSSR count). The molecule has 2 N–H and O–H groups in total. The number of aromatic nitrogens is 4. The van der Waals surface area contributed by atoms with Gasteiger partial charge in [-0.1, -0.05) is 29.8 Å². The Morgan fingerprint density at radius 3 is 2.77 bits per heavy atom. The highest BCUT2D eigenvalue weighted by atomic mass is 35.5. The lowest BCUT2D eigenvalue weighted by molar-refractivity contribution is -0.106. The zero-order valence-electron chi connectivity index (χ0n) is 16.0. The predicted octanol–water partition coefficient (Wildman–Crippen LogP) is 5.77. The van der Waals surface area contributed by atoms with Crippen molar-refractivity contribution in [2.75, 3.05) is 10.2 Å². The van der Waals surface area contributed by atoms with Crippen molar-refractivity contribution in [1.82, 2.24) is 20.2 Å². The van der Waals surface area contributed by atoms with Gasteiger partial charge < -0.3 is 5.32 Å². The maximum atomic E-state index is 11.8. The lowest BCUT2D eigenvalue weighted by atomic mass is 10.1. The minimum atomic E-state index is 0.602. The lowest BCUT2D eigenvalue weighted by Crippen LogP contribution is -2.12. The maximum absolute atomic E-state index is 11.8. The molecule has 2 aromatic carbocycles. The molecule has 0 saturated carbocycles. The van der Waals surface area contributed by atoms with E-state index in [1.54, 1.807) is 4.90 Å². The van der Waals surface area contributed by atoms with E-state index in [0.29, 0.717) is 22.2 Å². The Morgan fingerprint density at radius 2 is 1.97 bits per heavy atom. The molecule has 0 radical (unpaired) electrons. The molecule has 31 heavy (non-hydrogen) atoms. The van der Waals surface area contributed by atoms with E-state index >= 15 is 0 Å². The summed E-state index contributed by atoms with van der Waals surface area (Å²) in [5.41, 5.74) is 3.66. The quantitative estimate of drug-likeness (QED) is 0.323. The number of thiophene rings is 1. The van der Waals surface area contributed by atoms with Gasteiger partial charge in [0.1, 0.15) is 22.8 Å². The van der Waals surface area contributed by atoms with Gasteiger partial charge in [0.05, 0.1) is 11.1 Å². The molecule has 3 heterocycles. The summed E-state index contributed by atoms with van der Waals surface area (Å²) in [6.45, 7) is 0. The molecule has 0 fully saturated rings. The van der Waals surface area contributed by atoms with Crippen molar-refractivity contribution in [1.29, 1.82) is 0 Å². The molecule has 3 aromatic heterocycles. The van der Waals surface area contributed by atoms with Crippen molar-refractivity contribution >= 4 is 62.6 Å². The Balaban J connectivity index is 1.59. The molecule has 0 bridgehead atoms. The molecule has 5 aromatic rings. The average Bonchev–Trinajstić information content (AvgIpc) is 3.45. The van der Waals surface area contributed by atoms with Crippen LogP contribution in [0.2, 0.25) is 5.02 Å². The number of H-pyrrole nitrogens is 1. The van der Waals surface area contributed by atoms with Gasteiger partial charge in [-0.2, -0.15) is 5.10 Å². The largest absolute Gasteiger partial charge is 0.339 e. The number of amides is 1.